The Morgan fingerprint density at radius 3 is 2.90 bits per heavy atom. The fourth-order valence-corrected chi connectivity index (χ4v) is 1.76. The summed E-state index contributed by atoms with van der Waals surface area (Å²) in [6.07, 6.45) is 2.84. The van der Waals surface area contributed by atoms with Crippen LogP contribution in [0, 0.1) is 17.2 Å². The summed E-state index contributed by atoms with van der Waals surface area (Å²) in [5.41, 5.74) is 0. The van der Waals surface area contributed by atoms with Gasteiger partial charge in [-0.25, -0.2) is 0 Å². The topological polar surface area (TPSA) is 44.1 Å². The molecule has 2 unspecified atom stereocenters. The highest BCUT2D eigenvalue weighted by Gasteiger charge is 2.51. The van der Waals surface area contributed by atoms with E-state index in [0.717, 1.165) is 19.3 Å². The van der Waals surface area contributed by atoms with Gasteiger partial charge in [-0.05, 0) is 18.8 Å². The van der Waals surface area contributed by atoms with Gasteiger partial charge in [-0.15, -0.1) is 0 Å². The van der Waals surface area contributed by atoms with Gasteiger partial charge in [0, 0.05) is 6.04 Å². The van der Waals surface area contributed by atoms with Crippen molar-refractivity contribution >= 4 is 6.41 Å². The molecule has 1 saturated carbocycles. The van der Waals surface area contributed by atoms with Crippen LogP contribution in [-0.2, 0) is 4.79 Å². The lowest BCUT2D eigenvalue weighted by Crippen LogP contribution is -2.29. The fraction of sp³-hybridized carbons (Fsp3) is 0.714. The zero-order valence-corrected chi connectivity index (χ0v) is 5.53. The Hall–Kier alpha value is -1.04. The highest BCUT2D eigenvalue weighted by molar-refractivity contribution is 5.52. The molecule has 2 fully saturated rings. The third kappa shape index (κ3) is 0.563. The van der Waals surface area contributed by atoms with Crippen LogP contribution < -0.4 is 0 Å². The second-order valence-electron chi connectivity index (χ2n) is 3.00. The average molecular weight is 136 g/mol. The third-order valence-corrected chi connectivity index (χ3v) is 2.42. The number of carbonyl (C=O) groups is 1. The van der Waals surface area contributed by atoms with E-state index in [0.29, 0.717) is 12.0 Å². The zero-order chi connectivity index (χ0) is 7.14. The van der Waals surface area contributed by atoms with Crippen LogP contribution >= 0.6 is 0 Å². The van der Waals surface area contributed by atoms with Crippen molar-refractivity contribution in [1.29, 1.82) is 5.26 Å². The van der Waals surface area contributed by atoms with Crippen molar-refractivity contribution < 1.29 is 4.79 Å². The molecule has 1 amide bonds. The van der Waals surface area contributed by atoms with E-state index < -0.39 is 0 Å². The van der Waals surface area contributed by atoms with Gasteiger partial charge in [0.05, 0.1) is 6.07 Å². The smallest absolute Gasteiger partial charge is 0.211 e. The van der Waals surface area contributed by atoms with Crippen LogP contribution in [0.15, 0.2) is 0 Å². The highest BCUT2D eigenvalue weighted by atomic mass is 16.1. The molecule has 10 heavy (non-hydrogen) atoms. The van der Waals surface area contributed by atoms with E-state index in [9.17, 15) is 4.79 Å². The monoisotopic (exact) mass is 136 g/mol. The van der Waals surface area contributed by atoms with E-state index in [1.807, 2.05) is 0 Å². The van der Waals surface area contributed by atoms with Crippen molar-refractivity contribution in [3.05, 3.63) is 0 Å². The molecule has 1 saturated heterocycles. The van der Waals surface area contributed by atoms with E-state index in [1.165, 1.54) is 0 Å². The van der Waals surface area contributed by atoms with Gasteiger partial charge >= 0.3 is 0 Å². The standard InChI is InChI=1S/C7H8N2O/c8-3-6-1-5-2-7(5)9(6)4-10/h4-7H,1-2H2/t5-,6?,7?/m1/s1. The van der Waals surface area contributed by atoms with Gasteiger partial charge in [0.15, 0.2) is 0 Å². The number of amides is 1. The Kier molecular flexibility index (Phi) is 0.986. The minimum absolute atomic E-state index is 0.124. The third-order valence-electron chi connectivity index (χ3n) is 2.42. The van der Waals surface area contributed by atoms with E-state index in [1.54, 1.807) is 4.90 Å². The van der Waals surface area contributed by atoms with Gasteiger partial charge in [0.2, 0.25) is 6.41 Å². The Labute approximate surface area is 59.2 Å². The van der Waals surface area contributed by atoms with Crippen molar-refractivity contribution in [2.45, 2.75) is 24.9 Å². The van der Waals surface area contributed by atoms with Crippen LogP contribution in [0.3, 0.4) is 0 Å². The van der Waals surface area contributed by atoms with Crippen LogP contribution in [0.4, 0.5) is 0 Å². The van der Waals surface area contributed by atoms with E-state index >= 15 is 0 Å². The fourth-order valence-electron chi connectivity index (χ4n) is 1.76. The number of hydrogen-bond acceptors (Lipinski definition) is 2. The first-order valence-corrected chi connectivity index (χ1v) is 3.49. The summed E-state index contributed by atoms with van der Waals surface area (Å²) < 4.78 is 0. The first-order valence-electron chi connectivity index (χ1n) is 3.49. The van der Waals surface area contributed by atoms with Gasteiger partial charge in [-0.2, -0.15) is 5.26 Å². The number of rotatable bonds is 1. The molecule has 0 aromatic carbocycles. The molecule has 2 rings (SSSR count). The Balaban J connectivity index is 2.13. The molecular formula is C7H8N2O. The molecule has 1 heterocycles. The molecule has 0 radical (unpaired) electrons. The Bertz CT molecular complexity index is 208. The summed E-state index contributed by atoms with van der Waals surface area (Å²) in [4.78, 5) is 12.0. The molecule has 3 nitrogen and oxygen atoms in total. The molecular weight excluding hydrogens is 128 g/mol. The van der Waals surface area contributed by atoms with Gasteiger partial charge < -0.3 is 4.90 Å². The molecule has 0 N–H and O–H groups in total. The van der Waals surface area contributed by atoms with Crippen molar-refractivity contribution in [3.63, 3.8) is 0 Å². The molecule has 0 bridgehead atoms. The van der Waals surface area contributed by atoms with E-state index in [-0.39, 0.29) is 6.04 Å². The van der Waals surface area contributed by atoms with Crippen LogP contribution in [-0.4, -0.2) is 23.4 Å². The summed E-state index contributed by atoms with van der Waals surface area (Å²) in [6, 6.07) is 2.42. The normalized spacial score (nSPS) is 42.3. The van der Waals surface area contributed by atoms with Gasteiger partial charge in [-0.1, -0.05) is 0 Å². The Morgan fingerprint density at radius 2 is 2.40 bits per heavy atom. The van der Waals surface area contributed by atoms with Crippen LogP contribution in [0.1, 0.15) is 12.8 Å². The van der Waals surface area contributed by atoms with Crippen molar-refractivity contribution in [2.75, 3.05) is 0 Å². The highest BCUT2D eigenvalue weighted by Crippen LogP contribution is 2.46. The second-order valence-corrected chi connectivity index (χ2v) is 3.00. The van der Waals surface area contributed by atoms with Gasteiger partial charge in [0.25, 0.3) is 0 Å². The van der Waals surface area contributed by atoms with Crippen LogP contribution in [0.2, 0.25) is 0 Å². The van der Waals surface area contributed by atoms with E-state index in [2.05, 4.69) is 6.07 Å². The maximum Gasteiger partial charge on any atom is 0.211 e. The number of fused-ring (bicyclic) bond motifs is 1. The van der Waals surface area contributed by atoms with Crippen LogP contribution in [0.25, 0.3) is 0 Å². The average Bonchev–Trinajstić information content (AvgIpc) is 2.63. The number of likely N-dealkylation sites (tertiary alicyclic amines) is 1. The zero-order valence-electron chi connectivity index (χ0n) is 5.53. The molecule has 1 aliphatic carbocycles. The van der Waals surface area contributed by atoms with Crippen LogP contribution in [0.5, 0.6) is 0 Å². The molecule has 1 aliphatic heterocycles. The molecule has 0 spiro atoms. The summed E-state index contributed by atoms with van der Waals surface area (Å²) in [7, 11) is 0. The Morgan fingerprint density at radius 1 is 1.60 bits per heavy atom. The number of carbonyl (C=O) groups excluding carboxylic acids is 1. The van der Waals surface area contributed by atoms with Crippen molar-refractivity contribution in [2.24, 2.45) is 5.92 Å². The van der Waals surface area contributed by atoms with Crippen molar-refractivity contribution in [1.82, 2.24) is 4.90 Å². The quantitative estimate of drug-likeness (QED) is 0.481. The second kappa shape index (κ2) is 1.72. The lowest BCUT2D eigenvalue weighted by molar-refractivity contribution is -0.118. The first-order chi connectivity index (χ1) is 4.86. The maximum absolute atomic E-state index is 10.4. The number of hydrogen-bond donors (Lipinski definition) is 0. The van der Waals surface area contributed by atoms with Gasteiger partial charge in [-0.3, -0.25) is 4.79 Å². The molecule has 3 atom stereocenters. The molecule has 2 aliphatic rings. The molecule has 0 aromatic rings. The predicted molar refractivity (Wildman–Crippen MR) is 33.8 cm³/mol. The maximum atomic E-state index is 10.4. The predicted octanol–water partition coefficient (Wildman–Crippen LogP) is 0.129. The number of piperidine rings is 1. The molecule has 3 heteroatoms. The lowest BCUT2D eigenvalue weighted by Gasteiger charge is -2.15. The van der Waals surface area contributed by atoms with Crippen molar-refractivity contribution in [3.8, 4) is 6.07 Å². The first kappa shape index (κ1) is 5.72. The molecule has 52 valence electrons. The minimum Gasteiger partial charge on any atom is -0.326 e. The largest absolute Gasteiger partial charge is 0.326 e. The number of nitriles is 1. The van der Waals surface area contributed by atoms with Gasteiger partial charge in [0.1, 0.15) is 6.04 Å². The summed E-state index contributed by atoms with van der Waals surface area (Å²) in [5, 5.41) is 8.56. The molecule has 0 aromatic heterocycles. The van der Waals surface area contributed by atoms with E-state index in [4.69, 9.17) is 5.26 Å². The summed E-state index contributed by atoms with van der Waals surface area (Å²) in [5.74, 6) is 0.648. The SMILES string of the molecule is N#CC1C[C@@H]2CC2N1C=O. The summed E-state index contributed by atoms with van der Waals surface area (Å²) in [6.45, 7) is 0. The number of nitrogens with zero attached hydrogens (tertiary/aromatic N) is 2. The summed E-state index contributed by atoms with van der Waals surface area (Å²) >= 11 is 0. The minimum atomic E-state index is -0.124. The lowest BCUT2D eigenvalue weighted by atomic mass is 10.2.